The number of likely N-dealkylation sites (tertiary alicyclic amines) is 1. The van der Waals surface area contributed by atoms with Crippen LogP contribution in [0.1, 0.15) is 19.3 Å². The van der Waals surface area contributed by atoms with Gasteiger partial charge in [0.15, 0.2) is 15.7 Å². The van der Waals surface area contributed by atoms with Gasteiger partial charge in [-0.15, -0.1) is 0 Å². The molecule has 2 aliphatic rings. The van der Waals surface area contributed by atoms with Crippen LogP contribution in [-0.4, -0.2) is 76.7 Å². The maximum atomic E-state index is 13.0. The Hall–Kier alpha value is -2.53. The maximum absolute atomic E-state index is 13.0. The summed E-state index contributed by atoms with van der Waals surface area (Å²) in [7, 11) is -3.08. The molecule has 2 saturated heterocycles. The summed E-state index contributed by atoms with van der Waals surface area (Å²) >= 11 is 1.10. The number of nitrogens with one attached hydrogen (secondary N) is 1. The highest BCUT2D eigenvalue weighted by atomic mass is 32.2. The summed E-state index contributed by atoms with van der Waals surface area (Å²) in [5.74, 6) is 0.193. The summed E-state index contributed by atoms with van der Waals surface area (Å²) in [6, 6.07) is 8.62. The number of hydrogen-bond acceptors (Lipinski definition) is 7. The number of anilines is 1. The number of aromatic nitrogens is 2. The normalized spacial score (nSPS) is 21.3. The molecule has 9 nitrogen and oxygen atoms in total. The molecule has 30 heavy (non-hydrogen) atoms. The first-order valence-corrected chi connectivity index (χ1v) is 12.5. The minimum absolute atomic E-state index is 0.0313. The van der Waals surface area contributed by atoms with Gasteiger partial charge in [-0.1, -0.05) is 30.3 Å². The van der Waals surface area contributed by atoms with Crippen molar-refractivity contribution in [2.75, 3.05) is 36.5 Å². The Morgan fingerprint density at radius 2 is 1.80 bits per heavy atom. The average Bonchev–Trinajstić information content (AvgIpc) is 3.22. The van der Waals surface area contributed by atoms with Crippen molar-refractivity contribution < 1.29 is 18.0 Å². The van der Waals surface area contributed by atoms with Gasteiger partial charge in [-0.3, -0.25) is 10.1 Å². The van der Waals surface area contributed by atoms with Crippen LogP contribution in [0.3, 0.4) is 0 Å². The number of nitrogens with zero attached hydrogens (tertiary/aromatic N) is 4. The lowest BCUT2D eigenvalue weighted by atomic mass is 10.0. The van der Waals surface area contributed by atoms with Gasteiger partial charge in [0.05, 0.1) is 11.5 Å². The molecule has 0 bridgehead atoms. The molecule has 1 aromatic heterocycles. The Kier molecular flexibility index (Phi) is 6.00. The number of carbonyl (C=O) groups is 2. The van der Waals surface area contributed by atoms with Gasteiger partial charge in [-0.25, -0.2) is 13.2 Å². The highest BCUT2D eigenvalue weighted by molar-refractivity contribution is 7.91. The van der Waals surface area contributed by atoms with Crippen molar-refractivity contribution in [3.8, 4) is 11.4 Å². The highest BCUT2D eigenvalue weighted by Gasteiger charge is 2.36. The molecule has 1 N–H and O–H groups in total. The second kappa shape index (κ2) is 8.68. The predicted octanol–water partition coefficient (Wildman–Crippen LogP) is 1.85. The van der Waals surface area contributed by atoms with Crippen LogP contribution in [0.5, 0.6) is 0 Å². The van der Waals surface area contributed by atoms with Gasteiger partial charge >= 0.3 is 6.03 Å². The third-order valence-corrected chi connectivity index (χ3v) is 7.59. The lowest BCUT2D eigenvalue weighted by Gasteiger charge is -2.39. The molecular weight excluding hydrogens is 426 g/mol. The summed E-state index contributed by atoms with van der Waals surface area (Å²) in [6.07, 6.45) is 2.23. The van der Waals surface area contributed by atoms with E-state index >= 15 is 0 Å². The summed E-state index contributed by atoms with van der Waals surface area (Å²) in [5, 5.41) is 3.19. The van der Waals surface area contributed by atoms with Crippen molar-refractivity contribution in [1.29, 1.82) is 0 Å². The molecule has 3 amide bonds. The number of benzene rings is 1. The Morgan fingerprint density at radius 1 is 1.07 bits per heavy atom. The van der Waals surface area contributed by atoms with Gasteiger partial charge < -0.3 is 9.80 Å². The molecule has 1 atom stereocenters. The Bertz CT molecular complexity index is 1010. The lowest BCUT2D eigenvalue weighted by Crippen LogP contribution is -2.56. The average molecular weight is 450 g/mol. The van der Waals surface area contributed by atoms with Crippen molar-refractivity contribution in [1.82, 2.24) is 19.2 Å². The molecule has 0 radical (unpaired) electrons. The van der Waals surface area contributed by atoms with Crippen LogP contribution >= 0.6 is 11.5 Å². The maximum Gasteiger partial charge on any atom is 0.320 e. The van der Waals surface area contributed by atoms with Crippen LogP contribution in [0.15, 0.2) is 30.3 Å². The number of hydrogen-bond donors (Lipinski definition) is 1. The van der Waals surface area contributed by atoms with E-state index in [0.717, 1.165) is 29.9 Å². The number of rotatable bonds is 3. The van der Waals surface area contributed by atoms with Crippen LogP contribution in [0.25, 0.3) is 11.4 Å². The summed E-state index contributed by atoms with van der Waals surface area (Å²) in [5.41, 5.74) is 0.865. The van der Waals surface area contributed by atoms with Crippen molar-refractivity contribution in [2.45, 2.75) is 25.3 Å². The molecule has 11 heteroatoms. The fraction of sp³-hybridized carbons (Fsp3) is 0.474. The fourth-order valence-electron chi connectivity index (χ4n) is 3.69. The second-order valence-corrected chi connectivity index (χ2v) is 10.5. The topological polar surface area (TPSA) is 113 Å². The standard InChI is InChI=1S/C19H23N5O4S2/c25-17(21-18-20-16(22-29-18)14-6-2-1-3-7-14)15-8-4-5-9-24(15)19(26)23-10-12-30(27,28)13-11-23/h1-3,6-7,15H,4-5,8-13H2,(H,20,21,22,25). The van der Waals surface area contributed by atoms with E-state index in [-0.39, 0.29) is 36.5 Å². The van der Waals surface area contributed by atoms with Crippen LogP contribution in [0, 0.1) is 0 Å². The lowest BCUT2D eigenvalue weighted by molar-refractivity contribution is -0.121. The van der Waals surface area contributed by atoms with Crippen LogP contribution < -0.4 is 5.32 Å². The number of piperidine rings is 1. The molecule has 0 spiro atoms. The second-order valence-electron chi connectivity index (χ2n) is 7.40. The first-order valence-electron chi connectivity index (χ1n) is 9.89. The van der Waals surface area contributed by atoms with E-state index in [1.165, 1.54) is 4.90 Å². The molecule has 3 heterocycles. The number of sulfone groups is 1. The van der Waals surface area contributed by atoms with Crippen molar-refractivity contribution >= 4 is 38.4 Å². The summed E-state index contributed by atoms with van der Waals surface area (Å²) < 4.78 is 27.6. The van der Waals surface area contributed by atoms with Crippen LogP contribution in [-0.2, 0) is 14.6 Å². The molecule has 2 aliphatic heterocycles. The third kappa shape index (κ3) is 4.62. The molecule has 4 rings (SSSR count). The quantitative estimate of drug-likeness (QED) is 0.765. The third-order valence-electron chi connectivity index (χ3n) is 5.35. The number of amides is 3. The van der Waals surface area contributed by atoms with Gasteiger partial charge in [0.25, 0.3) is 0 Å². The van der Waals surface area contributed by atoms with Gasteiger partial charge in [0.2, 0.25) is 11.0 Å². The van der Waals surface area contributed by atoms with E-state index in [1.54, 1.807) is 4.90 Å². The van der Waals surface area contributed by atoms with Crippen molar-refractivity contribution in [3.05, 3.63) is 30.3 Å². The first kappa shape index (κ1) is 20.7. The molecule has 160 valence electrons. The Morgan fingerprint density at radius 3 is 2.53 bits per heavy atom. The molecular formula is C19H23N5O4S2. The highest BCUT2D eigenvalue weighted by Crippen LogP contribution is 2.24. The van der Waals surface area contributed by atoms with E-state index in [2.05, 4.69) is 14.7 Å². The van der Waals surface area contributed by atoms with E-state index in [0.29, 0.717) is 23.9 Å². The Labute approximate surface area is 179 Å². The molecule has 2 aromatic rings. The SMILES string of the molecule is O=C(Nc1nc(-c2ccccc2)ns1)C1CCCCN1C(=O)N1CCS(=O)(=O)CC1. The molecule has 1 aromatic carbocycles. The van der Waals surface area contributed by atoms with E-state index in [4.69, 9.17) is 0 Å². The zero-order valence-corrected chi connectivity index (χ0v) is 18.0. The predicted molar refractivity (Wildman–Crippen MR) is 114 cm³/mol. The van der Waals surface area contributed by atoms with Crippen molar-refractivity contribution in [2.24, 2.45) is 0 Å². The monoisotopic (exact) mass is 449 g/mol. The fourth-order valence-corrected chi connectivity index (χ4v) is 5.48. The number of carbonyl (C=O) groups excluding carboxylic acids is 2. The molecule has 0 saturated carbocycles. The number of urea groups is 1. The van der Waals surface area contributed by atoms with Gasteiger partial charge in [0, 0.05) is 36.7 Å². The van der Waals surface area contributed by atoms with E-state index < -0.39 is 15.9 Å². The van der Waals surface area contributed by atoms with Crippen LogP contribution in [0.2, 0.25) is 0 Å². The Balaban J connectivity index is 1.43. The van der Waals surface area contributed by atoms with Crippen LogP contribution in [0.4, 0.5) is 9.93 Å². The summed E-state index contributed by atoms with van der Waals surface area (Å²) in [4.78, 5) is 33.4. The molecule has 1 unspecified atom stereocenters. The minimum atomic E-state index is -3.08. The first-order chi connectivity index (χ1) is 14.4. The van der Waals surface area contributed by atoms with E-state index in [9.17, 15) is 18.0 Å². The van der Waals surface area contributed by atoms with Gasteiger partial charge in [0.1, 0.15) is 6.04 Å². The molecule has 2 fully saturated rings. The molecule has 0 aliphatic carbocycles. The largest absolute Gasteiger partial charge is 0.323 e. The summed E-state index contributed by atoms with van der Waals surface area (Å²) in [6.45, 7) is 0.817. The van der Waals surface area contributed by atoms with Crippen molar-refractivity contribution in [3.63, 3.8) is 0 Å². The van der Waals surface area contributed by atoms with E-state index in [1.807, 2.05) is 30.3 Å². The minimum Gasteiger partial charge on any atom is -0.323 e. The zero-order chi connectivity index (χ0) is 21.1. The van der Waals surface area contributed by atoms with Gasteiger partial charge in [-0.05, 0) is 19.3 Å². The van der Waals surface area contributed by atoms with Gasteiger partial charge in [-0.2, -0.15) is 9.36 Å². The smallest absolute Gasteiger partial charge is 0.320 e. The zero-order valence-electron chi connectivity index (χ0n) is 16.4.